The lowest BCUT2D eigenvalue weighted by atomic mass is 10.1. The van der Waals surface area contributed by atoms with Gasteiger partial charge >= 0.3 is 0 Å². The summed E-state index contributed by atoms with van der Waals surface area (Å²) in [6.45, 7) is 4.91. The lowest BCUT2D eigenvalue weighted by Gasteiger charge is -2.17. The summed E-state index contributed by atoms with van der Waals surface area (Å²) < 4.78 is 7.06. The summed E-state index contributed by atoms with van der Waals surface area (Å²) >= 11 is 1.82. The van der Waals surface area contributed by atoms with Crippen LogP contribution in [0.5, 0.6) is 0 Å². The third-order valence-corrected chi connectivity index (χ3v) is 4.08. The maximum Gasteiger partial charge on any atom is 0.0626 e. The summed E-state index contributed by atoms with van der Waals surface area (Å²) in [5.74, 6) is 0. The molecule has 2 rings (SSSR count). The van der Waals surface area contributed by atoms with E-state index in [1.807, 2.05) is 18.4 Å². The molecular weight excluding hydrogens is 242 g/mol. The molecule has 18 heavy (non-hydrogen) atoms. The Kier molecular flexibility index (Phi) is 4.75. The molecule has 0 spiro atoms. The first-order valence-electron chi connectivity index (χ1n) is 6.44. The van der Waals surface area contributed by atoms with Gasteiger partial charge in [0.15, 0.2) is 0 Å². The van der Waals surface area contributed by atoms with Crippen LogP contribution in [0.2, 0.25) is 0 Å². The van der Waals surface area contributed by atoms with Gasteiger partial charge in [-0.25, -0.2) is 0 Å². The van der Waals surface area contributed by atoms with E-state index in [1.54, 1.807) is 0 Å². The number of likely N-dealkylation sites (N-methyl/N-ethyl adjacent to an activating group) is 1. The van der Waals surface area contributed by atoms with Gasteiger partial charge in [-0.05, 0) is 49.7 Å². The minimum Gasteiger partial charge on any atom is -0.377 e. The number of thiophene rings is 1. The highest BCUT2D eigenvalue weighted by atomic mass is 32.1. The zero-order valence-electron chi connectivity index (χ0n) is 11.3. The molecule has 1 aromatic carbocycles. The van der Waals surface area contributed by atoms with Crippen molar-refractivity contribution in [2.45, 2.75) is 32.4 Å². The molecule has 0 saturated carbocycles. The molecule has 2 nitrogen and oxygen atoms in total. The normalized spacial score (nSPS) is 13.3. The van der Waals surface area contributed by atoms with Gasteiger partial charge in [0.25, 0.3) is 0 Å². The minimum atomic E-state index is 0.292. The van der Waals surface area contributed by atoms with Gasteiger partial charge < -0.3 is 10.1 Å². The van der Waals surface area contributed by atoms with Crippen molar-refractivity contribution in [2.75, 3.05) is 13.7 Å². The topological polar surface area (TPSA) is 21.3 Å². The lowest BCUT2D eigenvalue weighted by molar-refractivity contribution is 0.0628. The largest absolute Gasteiger partial charge is 0.377 e. The number of fused-ring (bicyclic) bond motifs is 1. The zero-order chi connectivity index (χ0) is 13.0. The predicted octanol–water partition coefficient (Wildman–Crippen LogP) is 3.46. The Morgan fingerprint density at radius 2 is 2.06 bits per heavy atom. The van der Waals surface area contributed by atoms with E-state index in [4.69, 9.17) is 4.74 Å². The van der Waals surface area contributed by atoms with Crippen LogP contribution in [0.25, 0.3) is 10.1 Å². The molecule has 1 atom stereocenters. The second-order valence-electron chi connectivity index (χ2n) is 4.83. The molecule has 1 heterocycles. The molecule has 0 aliphatic rings. The van der Waals surface area contributed by atoms with E-state index >= 15 is 0 Å². The predicted molar refractivity (Wildman–Crippen MR) is 79.5 cm³/mol. The van der Waals surface area contributed by atoms with Gasteiger partial charge in [-0.1, -0.05) is 18.2 Å². The standard InChI is InChI=1S/C15H21NOS/c1-11(2)17-9-13(16-3)8-12-10-18-15-7-5-4-6-14(12)15/h4-7,10-11,13,16H,8-9H2,1-3H3. The average molecular weight is 263 g/mol. The molecule has 1 aromatic heterocycles. The molecule has 0 aliphatic carbocycles. The monoisotopic (exact) mass is 263 g/mol. The van der Waals surface area contributed by atoms with Gasteiger partial charge in [-0.3, -0.25) is 0 Å². The smallest absolute Gasteiger partial charge is 0.0626 e. The molecular formula is C15H21NOS. The molecule has 2 aromatic rings. The fourth-order valence-corrected chi connectivity index (χ4v) is 2.98. The van der Waals surface area contributed by atoms with Crippen molar-refractivity contribution in [3.63, 3.8) is 0 Å². The van der Waals surface area contributed by atoms with E-state index in [0.29, 0.717) is 12.1 Å². The fraction of sp³-hybridized carbons (Fsp3) is 0.467. The van der Waals surface area contributed by atoms with Crippen molar-refractivity contribution >= 4 is 21.4 Å². The molecule has 0 aliphatic heterocycles. The van der Waals surface area contributed by atoms with Crippen LogP contribution in [-0.4, -0.2) is 25.8 Å². The van der Waals surface area contributed by atoms with Gasteiger partial charge in [0.05, 0.1) is 12.7 Å². The van der Waals surface area contributed by atoms with E-state index in [1.165, 1.54) is 15.6 Å². The molecule has 0 saturated heterocycles. The third kappa shape index (κ3) is 3.31. The van der Waals surface area contributed by atoms with Crippen LogP contribution in [0.15, 0.2) is 29.6 Å². The molecule has 98 valence electrons. The highest BCUT2D eigenvalue weighted by Gasteiger charge is 2.11. The number of benzene rings is 1. The SMILES string of the molecule is CNC(COC(C)C)Cc1csc2ccccc12. The summed E-state index contributed by atoms with van der Waals surface area (Å²) in [5, 5.41) is 6.99. The fourth-order valence-electron chi connectivity index (χ4n) is 2.01. The summed E-state index contributed by atoms with van der Waals surface area (Å²) in [6, 6.07) is 8.97. The number of hydrogen-bond acceptors (Lipinski definition) is 3. The summed E-state index contributed by atoms with van der Waals surface area (Å²) in [5.41, 5.74) is 1.42. The van der Waals surface area contributed by atoms with Crippen LogP contribution in [0.4, 0.5) is 0 Å². The van der Waals surface area contributed by atoms with Crippen molar-refractivity contribution < 1.29 is 4.74 Å². The van der Waals surface area contributed by atoms with Crippen LogP contribution in [-0.2, 0) is 11.2 Å². The number of hydrogen-bond donors (Lipinski definition) is 1. The quantitative estimate of drug-likeness (QED) is 0.862. The summed E-state index contributed by atoms with van der Waals surface area (Å²) in [7, 11) is 2.00. The van der Waals surface area contributed by atoms with Gasteiger partial charge in [0.1, 0.15) is 0 Å². The van der Waals surface area contributed by atoms with Crippen LogP contribution in [0.3, 0.4) is 0 Å². The zero-order valence-corrected chi connectivity index (χ0v) is 12.1. The van der Waals surface area contributed by atoms with Crippen molar-refractivity contribution in [1.29, 1.82) is 0 Å². The Bertz CT molecular complexity index is 492. The van der Waals surface area contributed by atoms with E-state index in [2.05, 4.69) is 48.8 Å². The first kappa shape index (κ1) is 13.5. The molecule has 0 amide bonds. The van der Waals surface area contributed by atoms with Crippen molar-refractivity contribution in [1.82, 2.24) is 5.32 Å². The molecule has 0 bridgehead atoms. The van der Waals surface area contributed by atoms with Crippen LogP contribution in [0.1, 0.15) is 19.4 Å². The van der Waals surface area contributed by atoms with Gasteiger partial charge in [-0.2, -0.15) is 0 Å². The van der Waals surface area contributed by atoms with Crippen LogP contribution >= 0.6 is 11.3 Å². The number of nitrogens with one attached hydrogen (secondary N) is 1. The number of ether oxygens (including phenoxy) is 1. The number of rotatable bonds is 6. The van der Waals surface area contributed by atoms with E-state index in [0.717, 1.165) is 13.0 Å². The van der Waals surface area contributed by atoms with Gasteiger partial charge in [-0.15, -0.1) is 11.3 Å². The van der Waals surface area contributed by atoms with Crippen LogP contribution < -0.4 is 5.32 Å². The highest BCUT2D eigenvalue weighted by Crippen LogP contribution is 2.26. The van der Waals surface area contributed by atoms with E-state index in [9.17, 15) is 0 Å². The van der Waals surface area contributed by atoms with Gasteiger partial charge in [0, 0.05) is 10.7 Å². The van der Waals surface area contributed by atoms with Crippen LogP contribution in [0, 0.1) is 0 Å². The Balaban J connectivity index is 2.07. The Morgan fingerprint density at radius 1 is 1.28 bits per heavy atom. The summed E-state index contributed by atoms with van der Waals surface area (Å²) in [4.78, 5) is 0. The second-order valence-corrected chi connectivity index (χ2v) is 5.74. The van der Waals surface area contributed by atoms with Crippen molar-refractivity contribution in [3.8, 4) is 0 Å². The molecule has 0 fully saturated rings. The van der Waals surface area contributed by atoms with E-state index in [-0.39, 0.29) is 0 Å². The Labute approximate surface area is 113 Å². The molecule has 3 heteroatoms. The summed E-state index contributed by atoms with van der Waals surface area (Å²) in [6.07, 6.45) is 1.31. The van der Waals surface area contributed by atoms with Crippen molar-refractivity contribution in [2.24, 2.45) is 0 Å². The molecule has 1 N–H and O–H groups in total. The Morgan fingerprint density at radius 3 is 2.78 bits per heavy atom. The maximum absolute atomic E-state index is 5.70. The second kappa shape index (κ2) is 6.32. The van der Waals surface area contributed by atoms with E-state index < -0.39 is 0 Å². The van der Waals surface area contributed by atoms with Gasteiger partial charge in [0.2, 0.25) is 0 Å². The highest BCUT2D eigenvalue weighted by molar-refractivity contribution is 7.17. The lowest BCUT2D eigenvalue weighted by Crippen LogP contribution is -2.33. The first-order valence-corrected chi connectivity index (χ1v) is 7.32. The Hall–Kier alpha value is -0.900. The third-order valence-electron chi connectivity index (χ3n) is 3.07. The first-order chi connectivity index (χ1) is 8.70. The van der Waals surface area contributed by atoms with Crippen molar-refractivity contribution in [3.05, 3.63) is 35.2 Å². The maximum atomic E-state index is 5.70. The molecule has 0 radical (unpaired) electrons. The average Bonchev–Trinajstić information content (AvgIpc) is 2.77. The molecule has 1 unspecified atom stereocenters. The minimum absolute atomic E-state index is 0.292.